The summed E-state index contributed by atoms with van der Waals surface area (Å²) < 4.78 is 8.21. The van der Waals surface area contributed by atoms with Crippen LogP contribution < -0.4 is 10.5 Å². The van der Waals surface area contributed by atoms with Gasteiger partial charge in [-0.05, 0) is 44.4 Å². The quantitative estimate of drug-likeness (QED) is 0.457. The van der Waals surface area contributed by atoms with E-state index in [1.807, 2.05) is 38.1 Å². The number of rotatable bonds is 5. The van der Waals surface area contributed by atoms with Gasteiger partial charge in [0.1, 0.15) is 11.4 Å². The van der Waals surface area contributed by atoms with Crippen LogP contribution in [-0.4, -0.2) is 39.7 Å². The average molecular weight is 455 g/mol. The standard InChI is InChI=1S/C22H22N4O3S2/c1-13-14(2)30-20-19(13)21(28)25(12-23-20)11-18(27)26(10-15-6-5-9-29-15)22-24-16-7-3-4-8-17(16)31-22/h3-4,7-8,12,15H,5-6,9-11H2,1-2H3/t15-/m0/s1. The van der Waals surface area contributed by atoms with Crippen LogP contribution in [0.2, 0.25) is 0 Å². The number of amides is 1. The maximum absolute atomic E-state index is 13.4. The summed E-state index contributed by atoms with van der Waals surface area (Å²) in [6, 6.07) is 7.83. The van der Waals surface area contributed by atoms with Gasteiger partial charge in [0.15, 0.2) is 5.13 Å². The van der Waals surface area contributed by atoms with Gasteiger partial charge in [-0.15, -0.1) is 11.3 Å². The van der Waals surface area contributed by atoms with Gasteiger partial charge in [-0.3, -0.25) is 19.1 Å². The topological polar surface area (TPSA) is 77.3 Å². The molecule has 7 nitrogen and oxygen atoms in total. The monoisotopic (exact) mass is 454 g/mol. The van der Waals surface area contributed by atoms with Crippen LogP contribution in [0.5, 0.6) is 0 Å². The fourth-order valence-corrected chi connectivity index (χ4v) is 5.85. The summed E-state index contributed by atoms with van der Waals surface area (Å²) in [5, 5.41) is 1.23. The largest absolute Gasteiger partial charge is 0.376 e. The lowest BCUT2D eigenvalue weighted by Crippen LogP contribution is -2.41. The summed E-state index contributed by atoms with van der Waals surface area (Å²) in [5.74, 6) is -0.192. The van der Waals surface area contributed by atoms with E-state index in [1.165, 1.54) is 33.6 Å². The molecule has 0 aliphatic carbocycles. The van der Waals surface area contributed by atoms with Gasteiger partial charge in [0.25, 0.3) is 5.56 Å². The number of hydrogen-bond acceptors (Lipinski definition) is 7. The summed E-state index contributed by atoms with van der Waals surface area (Å²) in [6.07, 6.45) is 3.36. The van der Waals surface area contributed by atoms with Crippen molar-refractivity contribution in [1.29, 1.82) is 0 Å². The summed E-state index contributed by atoms with van der Waals surface area (Å²) >= 11 is 2.98. The van der Waals surface area contributed by atoms with Crippen molar-refractivity contribution in [3.05, 3.63) is 51.4 Å². The Bertz CT molecular complexity index is 1300. The van der Waals surface area contributed by atoms with Gasteiger partial charge in [0.05, 0.1) is 34.6 Å². The molecule has 0 radical (unpaired) electrons. The van der Waals surface area contributed by atoms with Crippen LogP contribution in [0, 0.1) is 13.8 Å². The van der Waals surface area contributed by atoms with E-state index in [-0.39, 0.29) is 24.1 Å². The summed E-state index contributed by atoms with van der Waals surface area (Å²) in [6.45, 7) is 4.96. The van der Waals surface area contributed by atoms with E-state index in [0.717, 1.165) is 33.5 Å². The Kier molecular flexibility index (Phi) is 5.33. The lowest BCUT2D eigenvalue weighted by atomic mass is 10.2. The molecule has 4 aromatic rings. The predicted molar refractivity (Wildman–Crippen MR) is 124 cm³/mol. The zero-order chi connectivity index (χ0) is 21.5. The third kappa shape index (κ3) is 3.77. The zero-order valence-electron chi connectivity index (χ0n) is 17.3. The number of carbonyl (C=O) groups excluding carboxylic acids is 1. The van der Waals surface area contributed by atoms with Crippen molar-refractivity contribution < 1.29 is 9.53 Å². The highest BCUT2D eigenvalue weighted by Crippen LogP contribution is 2.30. The smallest absolute Gasteiger partial charge is 0.262 e. The van der Waals surface area contributed by atoms with Gasteiger partial charge in [-0.1, -0.05) is 23.5 Å². The number of thiazole rings is 1. The molecule has 5 rings (SSSR count). The number of ether oxygens (including phenoxy) is 1. The molecular formula is C22H22N4O3S2. The molecule has 1 saturated heterocycles. The molecule has 9 heteroatoms. The molecule has 0 spiro atoms. The highest BCUT2D eigenvalue weighted by Gasteiger charge is 2.27. The first-order valence-corrected chi connectivity index (χ1v) is 11.9. The minimum atomic E-state index is -0.192. The van der Waals surface area contributed by atoms with Gasteiger partial charge >= 0.3 is 0 Å². The van der Waals surface area contributed by atoms with E-state index >= 15 is 0 Å². The normalized spacial score (nSPS) is 16.4. The maximum Gasteiger partial charge on any atom is 0.262 e. The van der Waals surface area contributed by atoms with Gasteiger partial charge in [0, 0.05) is 11.5 Å². The molecule has 1 fully saturated rings. The molecule has 1 atom stereocenters. The van der Waals surface area contributed by atoms with Crippen LogP contribution in [0.25, 0.3) is 20.4 Å². The molecular weight excluding hydrogens is 432 g/mol. The molecule has 0 bridgehead atoms. The Morgan fingerprint density at radius 3 is 2.90 bits per heavy atom. The van der Waals surface area contributed by atoms with Crippen LogP contribution in [0.4, 0.5) is 5.13 Å². The SMILES string of the molecule is Cc1sc2ncn(CC(=O)N(C[C@@H]3CCCO3)c3nc4ccccc4s3)c(=O)c2c1C. The Morgan fingerprint density at radius 1 is 1.29 bits per heavy atom. The zero-order valence-corrected chi connectivity index (χ0v) is 19.0. The van der Waals surface area contributed by atoms with E-state index in [1.54, 1.807) is 4.90 Å². The highest BCUT2D eigenvalue weighted by molar-refractivity contribution is 7.22. The molecule has 4 heterocycles. The number of anilines is 1. The van der Waals surface area contributed by atoms with E-state index in [0.29, 0.717) is 28.5 Å². The predicted octanol–water partition coefficient (Wildman–Crippen LogP) is 3.90. The van der Waals surface area contributed by atoms with Crippen LogP contribution in [0.3, 0.4) is 0 Å². The third-order valence-electron chi connectivity index (χ3n) is 5.69. The van der Waals surface area contributed by atoms with E-state index in [9.17, 15) is 9.59 Å². The molecule has 31 heavy (non-hydrogen) atoms. The molecule has 1 amide bonds. The molecule has 0 unspecified atom stereocenters. The number of nitrogens with zero attached hydrogens (tertiary/aromatic N) is 4. The number of hydrogen-bond donors (Lipinski definition) is 0. The molecule has 0 saturated carbocycles. The van der Waals surface area contributed by atoms with Crippen LogP contribution >= 0.6 is 22.7 Å². The lowest BCUT2D eigenvalue weighted by molar-refractivity contribution is -0.119. The second-order valence-corrected chi connectivity index (χ2v) is 9.96. The molecule has 1 aromatic carbocycles. The molecule has 160 valence electrons. The van der Waals surface area contributed by atoms with Crippen LogP contribution in [-0.2, 0) is 16.1 Å². The van der Waals surface area contributed by atoms with E-state index < -0.39 is 0 Å². The van der Waals surface area contributed by atoms with Crippen LogP contribution in [0.15, 0.2) is 35.4 Å². The van der Waals surface area contributed by atoms with E-state index in [2.05, 4.69) is 9.97 Å². The van der Waals surface area contributed by atoms with Crippen molar-refractivity contribution >= 4 is 54.1 Å². The van der Waals surface area contributed by atoms with E-state index in [4.69, 9.17) is 4.74 Å². The van der Waals surface area contributed by atoms with Crippen molar-refractivity contribution in [1.82, 2.24) is 14.5 Å². The maximum atomic E-state index is 13.4. The second kappa shape index (κ2) is 8.14. The van der Waals surface area contributed by atoms with Crippen molar-refractivity contribution in [3.63, 3.8) is 0 Å². The Morgan fingerprint density at radius 2 is 2.13 bits per heavy atom. The first-order chi connectivity index (χ1) is 15.0. The van der Waals surface area contributed by atoms with Gasteiger partial charge in [-0.25, -0.2) is 9.97 Å². The Balaban J connectivity index is 1.49. The first-order valence-electron chi connectivity index (χ1n) is 10.2. The Hall–Kier alpha value is -2.62. The summed E-state index contributed by atoms with van der Waals surface area (Å²) in [5.41, 5.74) is 1.61. The van der Waals surface area contributed by atoms with Crippen molar-refractivity contribution in [2.45, 2.75) is 39.3 Å². The fraction of sp³-hybridized carbons (Fsp3) is 0.364. The number of thiophene rings is 1. The molecule has 1 aliphatic rings. The van der Waals surface area contributed by atoms with Crippen molar-refractivity contribution in [2.75, 3.05) is 18.1 Å². The molecule has 3 aromatic heterocycles. The fourth-order valence-electron chi connectivity index (χ4n) is 3.87. The lowest BCUT2D eigenvalue weighted by Gasteiger charge is -2.23. The van der Waals surface area contributed by atoms with Crippen molar-refractivity contribution in [3.8, 4) is 0 Å². The van der Waals surface area contributed by atoms with Gasteiger partial charge in [0.2, 0.25) is 5.91 Å². The third-order valence-corrected chi connectivity index (χ3v) is 7.86. The summed E-state index contributed by atoms with van der Waals surface area (Å²) in [4.78, 5) is 39.0. The average Bonchev–Trinajstić information content (AvgIpc) is 3.48. The van der Waals surface area contributed by atoms with Gasteiger partial charge in [-0.2, -0.15) is 0 Å². The first kappa shape index (κ1) is 20.3. The minimum Gasteiger partial charge on any atom is -0.376 e. The van der Waals surface area contributed by atoms with Gasteiger partial charge < -0.3 is 4.74 Å². The number of benzene rings is 1. The Labute approximate surface area is 186 Å². The number of aryl methyl sites for hydroxylation is 2. The van der Waals surface area contributed by atoms with Crippen LogP contribution in [0.1, 0.15) is 23.3 Å². The number of para-hydroxylation sites is 1. The molecule has 0 N–H and O–H groups in total. The minimum absolute atomic E-state index is 0.0185. The van der Waals surface area contributed by atoms with Crippen molar-refractivity contribution in [2.24, 2.45) is 0 Å². The number of fused-ring (bicyclic) bond motifs is 2. The number of aromatic nitrogens is 3. The second-order valence-electron chi connectivity index (χ2n) is 7.74. The highest BCUT2D eigenvalue weighted by atomic mass is 32.1. The molecule has 1 aliphatic heterocycles. The number of carbonyl (C=O) groups is 1. The summed E-state index contributed by atoms with van der Waals surface area (Å²) in [7, 11) is 0.